The Morgan fingerprint density at radius 3 is 2.23 bits per heavy atom. The molecule has 5 amide bonds. The lowest BCUT2D eigenvalue weighted by molar-refractivity contribution is -0.144. The lowest BCUT2D eigenvalue weighted by Crippen LogP contribution is -2.48. The fourth-order valence-electron chi connectivity index (χ4n) is 7.79. The van der Waals surface area contributed by atoms with Gasteiger partial charge in [0.15, 0.2) is 0 Å². The van der Waals surface area contributed by atoms with Crippen molar-refractivity contribution >= 4 is 46.6 Å². The van der Waals surface area contributed by atoms with E-state index in [2.05, 4.69) is 31.2 Å². The first kappa shape index (κ1) is 44.4. The maximum absolute atomic E-state index is 13.9. The predicted molar refractivity (Wildman–Crippen MR) is 222 cm³/mol. The van der Waals surface area contributed by atoms with Gasteiger partial charge < -0.3 is 41.0 Å². The van der Waals surface area contributed by atoms with E-state index < -0.39 is 41.7 Å². The number of likely N-dealkylation sites (tertiary alicyclic amines) is 1. The third-order valence-corrected chi connectivity index (χ3v) is 11.1. The minimum Gasteiger partial charge on any atom is -0.465 e. The number of rotatable bonds is 11. The molecule has 1 aliphatic carbocycles. The second kappa shape index (κ2) is 18.6. The van der Waals surface area contributed by atoms with Crippen molar-refractivity contribution in [2.45, 2.75) is 96.5 Å². The van der Waals surface area contributed by atoms with Gasteiger partial charge in [-0.3, -0.25) is 14.4 Å². The lowest BCUT2D eigenvalue weighted by atomic mass is 9.81. The number of ether oxygens (including phenoxy) is 1. The summed E-state index contributed by atoms with van der Waals surface area (Å²) in [6.07, 6.45) is -2.45. The third kappa shape index (κ3) is 12.0. The van der Waals surface area contributed by atoms with Crippen LogP contribution in [0.2, 0.25) is 0 Å². The average Bonchev–Trinajstić information content (AvgIpc) is 3.65. The van der Waals surface area contributed by atoms with Gasteiger partial charge in [0, 0.05) is 49.3 Å². The summed E-state index contributed by atoms with van der Waals surface area (Å²) in [5.74, 6) is -2.44. The van der Waals surface area contributed by atoms with Crippen molar-refractivity contribution < 1.29 is 47.0 Å². The van der Waals surface area contributed by atoms with Crippen LogP contribution in [0.25, 0.3) is 22.2 Å². The monoisotopic (exact) mass is 847 g/mol. The number of carbonyl (C=O) groups is 5. The molecular weight excluding hydrogens is 796 g/mol. The quantitative estimate of drug-likeness (QED) is 0.0897. The SMILES string of the molecule is Cc1cc(C(=O)NC2CCN(C(=O)O)CC2)ccc1-c1ccc(C[C@H](NC(=O)[C@H]2CC[C@H](CNC(=O)OC(C)(C)C)CC2)C(=O)Nc2ccc3nc(C(F)(F)F)[nH]c3c2)cc1. The first-order chi connectivity index (χ1) is 28.8. The maximum Gasteiger partial charge on any atom is 0.449 e. The number of hydrogen-bond acceptors (Lipinski definition) is 7. The molecule has 1 aromatic heterocycles. The fraction of sp³-hybridized carbons (Fsp3) is 0.455. The number of hydrogen-bond donors (Lipinski definition) is 6. The van der Waals surface area contributed by atoms with Gasteiger partial charge in [-0.2, -0.15) is 13.2 Å². The van der Waals surface area contributed by atoms with Crippen molar-refractivity contribution in [1.29, 1.82) is 0 Å². The van der Waals surface area contributed by atoms with E-state index in [9.17, 15) is 42.3 Å². The number of fused-ring (bicyclic) bond motifs is 1. The van der Waals surface area contributed by atoms with Gasteiger partial charge in [0.05, 0.1) is 11.0 Å². The van der Waals surface area contributed by atoms with Crippen LogP contribution in [0.4, 0.5) is 28.4 Å². The lowest BCUT2D eigenvalue weighted by Gasteiger charge is -2.30. The van der Waals surface area contributed by atoms with Crippen LogP contribution in [0.1, 0.15) is 86.6 Å². The van der Waals surface area contributed by atoms with Crippen LogP contribution in [0.5, 0.6) is 0 Å². The zero-order chi connectivity index (χ0) is 44.1. The molecule has 3 aromatic carbocycles. The van der Waals surface area contributed by atoms with E-state index in [1.807, 2.05) is 37.3 Å². The molecule has 1 saturated heterocycles. The number of alkyl halides is 3. The normalized spacial score (nSPS) is 17.9. The number of halogens is 3. The molecule has 2 fully saturated rings. The molecule has 6 rings (SSSR count). The number of amides is 5. The van der Waals surface area contributed by atoms with Crippen LogP contribution in [-0.4, -0.2) is 87.2 Å². The number of nitrogens with one attached hydrogen (secondary N) is 5. The number of carbonyl (C=O) groups excluding carboxylic acids is 4. The Morgan fingerprint density at radius 2 is 1.61 bits per heavy atom. The molecule has 14 nitrogen and oxygen atoms in total. The first-order valence-electron chi connectivity index (χ1n) is 20.4. The summed E-state index contributed by atoms with van der Waals surface area (Å²) >= 11 is 0. The summed E-state index contributed by atoms with van der Waals surface area (Å²) in [7, 11) is 0. The van der Waals surface area contributed by atoms with Crippen LogP contribution in [-0.2, 0) is 26.9 Å². The minimum atomic E-state index is -4.68. The number of carboxylic acid groups (broad SMARTS) is 1. The number of piperidine rings is 1. The molecule has 61 heavy (non-hydrogen) atoms. The summed E-state index contributed by atoms with van der Waals surface area (Å²) < 4.78 is 45.2. The topological polar surface area (TPSA) is 195 Å². The van der Waals surface area contributed by atoms with E-state index in [1.54, 1.807) is 32.9 Å². The van der Waals surface area contributed by atoms with Crippen LogP contribution in [0.15, 0.2) is 60.7 Å². The molecule has 0 unspecified atom stereocenters. The molecule has 6 N–H and O–H groups in total. The summed E-state index contributed by atoms with van der Waals surface area (Å²) in [4.78, 5) is 71.2. The molecule has 17 heteroatoms. The fourth-order valence-corrected chi connectivity index (χ4v) is 7.79. The number of nitrogens with zero attached hydrogens (tertiary/aromatic N) is 2. The Bertz CT molecular complexity index is 2240. The highest BCUT2D eigenvalue weighted by molar-refractivity contribution is 5.99. The summed E-state index contributed by atoms with van der Waals surface area (Å²) in [6.45, 7) is 8.41. The number of benzene rings is 3. The van der Waals surface area contributed by atoms with Gasteiger partial charge in [-0.05, 0) is 125 Å². The molecule has 2 aliphatic rings. The van der Waals surface area contributed by atoms with Gasteiger partial charge in [-0.1, -0.05) is 30.3 Å². The molecule has 1 atom stereocenters. The van der Waals surface area contributed by atoms with Crippen LogP contribution < -0.4 is 21.3 Å². The summed E-state index contributed by atoms with van der Waals surface area (Å²) in [6, 6.07) is 15.9. The molecule has 326 valence electrons. The van der Waals surface area contributed by atoms with E-state index in [-0.39, 0.29) is 52.8 Å². The Kier molecular flexibility index (Phi) is 13.6. The van der Waals surface area contributed by atoms with E-state index in [1.165, 1.54) is 23.1 Å². The molecule has 1 saturated carbocycles. The largest absolute Gasteiger partial charge is 0.465 e. The zero-order valence-corrected chi connectivity index (χ0v) is 34.6. The number of alkyl carbamates (subject to hydrolysis) is 1. The van der Waals surface area contributed by atoms with Crippen molar-refractivity contribution in [2.75, 3.05) is 25.0 Å². The Balaban J connectivity index is 1.12. The van der Waals surface area contributed by atoms with Crippen molar-refractivity contribution in [3.8, 4) is 11.1 Å². The highest BCUT2D eigenvalue weighted by Crippen LogP contribution is 2.31. The molecular formula is C44H52F3N7O7. The van der Waals surface area contributed by atoms with Crippen molar-refractivity contribution in [3.63, 3.8) is 0 Å². The number of imidazole rings is 1. The van der Waals surface area contributed by atoms with Crippen molar-refractivity contribution in [3.05, 3.63) is 83.2 Å². The summed E-state index contributed by atoms with van der Waals surface area (Å²) in [5.41, 5.74) is 3.60. The van der Waals surface area contributed by atoms with Crippen molar-refractivity contribution in [1.82, 2.24) is 30.8 Å². The second-order valence-corrected chi connectivity index (χ2v) is 16.9. The second-order valence-electron chi connectivity index (χ2n) is 16.9. The standard InChI is InChI=1S/C44H52F3N7O7/c1-25-21-30(38(56)49-31-17-19-54(20-18-31)42(59)60)13-15-33(25)28-9-5-26(6-10-28)22-36(39(57)50-32-14-16-34-35(23-32)53-40(52-34)44(45,46)47)51-37(55)29-11-7-27(8-12-29)24-48-41(58)61-43(2,3)4/h5-6,9-10,13-16,21,23,27,29,31,36H,7-8,11-12,17-20,22,24H2,1-4H3,(H,48,58)(H,49,56)(H,50,57)(H,51,55)(H,52,53)(H,59,60)/t27-,29-,36-/m0/s1. The van der Waals surface area contributed by atoms with Gasteiger partial charge in [0.2, 0.25) is 17.6 Å². The zero-order valence-electron chi connectivity index (χ0n) is 34.6. The molecule has 0 bridgehead atoms. The Morgan fingerprint density at radius 1 is 0.918 bits per heavy atom. The smallest absolute Gasteiger partial charge is 0.449 e. The van der Waals surface area contributed by atoms with Crippen LogP contribution >= 0.6 is 0 Å². The number of aromatic amines is 1. The minimum absolute atomic E-state index is 0.0792. The van der Waals surface area contributed by atoms with Gasteiger partial charge >= 0.3 is 18.4 Å². The van der Waals surface area contributed by atoms with Gasteiger partial charge in [-0.25, -0.2) is 14.6 Å². The molecule has 4 aromatic rings. The summed E-state index contributed by atoms with van der Waals surface area (Å²) in [5, 5.41) is 20.7. The van der Waals surface area contributed by atoms with Gasteiger partial charge in [-0.15, -0.1) is 0 Å². The van der Waals surface area contributed by atoms with E-state index >= 15 is 0 Å². The number of aromatic nitrogens is 2. The maximum atomic E-state index is 13.9. The predicted octanol–water partition coefficient (Wildman–Crippen LogP) is 7.43. The van der Waals surface area contributed by atoms with E-state index in [4.69, 9.17) is 4.74 Å². The molecule has 2 heterocycles. The van der Waals surface area contributed by atoms with Gasteiger partial charge in [0.25, 0.3) is 5.91 Å². The third-order valence-electron chi connectivity index (χ3n) is 11.1. The molecule has 1 aliphatic heterocycles. The van der Waals surface area contributed by atoms with E-state index in [0.29, 0.717) is 63.7 Å². The Hall–Kier alpha value is -6.13. The highest BCUT2D eigenvalue weighted by Gasteiger charge is 2.35. The Labute approximate surface area is 351 Å². The van der Waals surface area contributed by atoms with Gasteiger partial charge in [0.1, 0.15) is 11.6 Å². The van der Waals surface area contributed by atoms with Crippen LogP contribution in [0, 0.1) is 18.8 Å². The number of anilines is 1. The number of H-pyrrole nitrogens is 1. The average molecular weight is 848 g/mol. The van der Waals surface area contributed by atoms with Crippen molar-refractivity contribution in [2.24, 2.45) is 11.8 Å². The number of aryl methyl sites for hydroxylation is 1. The molecule has 0 radical (unpaired) electrons. The molecule has 0 spiro atoms. The first-order valence-corrected chi connectivity index (χ1v) is 20.4. The van der Waals surface area contributed by atoms with E-state index in [0.717, 1.165) is 22.3 Å². The highest BCUT2D eigenvalue weighted by atomic mass is 19.4. The van der Waals surface area contributed by atoms with Crippen LogP contribution in [0.3, 0.4) is 0 Å².